The molecule has 2 rings (SSSR count). The molecule has 0 spiro atoms. The molecule has 0 bridgehead atoms. The number of likely N-dealkylation sites (N-methyl/N-ethyl adjacent to an activating group) is 1. The fourth-order valence-corrected chi connectivity index (χ4v) is 4.95. The standard InChI is InChI=1S/C35H49N3O19/c1-20(39)50-17-16-49-15-14-37(34(45)57-35(5,6)7)13-12-36(8)33(44)51-19-24-10-11-26(25(18-24)38(46)47)55-32-30(54-23(4)42)28(53-22(3)41)27(52-21(2)40)29(56-32)31(43)48-9/h10-11,18,27-30,32H,12-17,19H2,1-9H3/t27-,28-,29-,30+,32+/m0/s1. The fourth-order valence-electron chi connectivity index (χ4n) is 4.95. The summed E-state index contributed by atoms with van der Waals surface area (Å²) in [4.78, 5) is 99.3. The zero-order chi connectivity index (χ0) is 43.0. The van der Waals surface area contributed by atoms with E-state index in [0.717, 1.165) is 40.0 Å². The summed E-state index contributed by atoms with van der Waals surface area (Å²) in [6.45, 7) is 9.20. The van der Waals surface area contributed by atoms with E-state index >= 15 is 0 Å². The van der Waals surface area contributed by atoms with Gasteiger partial charge >= 0.3 is 47.7 Å². The summed E-state index contributed by atoms with van der Waals surface area (Å²) >= 11 is 0. The van der Waals surface area contributed by atoms with Crippen molar-refractivity contribution < 1.29 is 85.9 Å². The van der Waals surface area contributed by atoms with E-state index in [1.165, 1.54) is 29.8 Å². The van der Waals surface area contributed by atoms with Gasteiger partial charge in [0.15, 0.2) is 24.1 Å². The number of methoxy groups -OCH3 is 1. The van der Waals surface area contributed by atoms with Gasteiger partial charge in [-0.1, -0.05) is 6.07 Å². The predicted molar refractivity (Wildman–Crippen MR) is 189 cm³/mol. The van der Waals surface area contributed by atoms with Crippen molar-refractivity contribution in [2.75, 3.05) is 53.6 Å². The quantitative estimate of drug-likeness (QED) is 0.0675. The number of esters is 5. The molecule has 1 heterocycles. The summed E-state index contributed by atoms with van der Waals surface area (Å²) < 4.78 is 53.0. The molecule has 1 fully saturated rings. The third-order valence-electron chi connectivity index (χ3n) is 7.37. The smallest absolute Gasteiger partial charge is 0.410 e. The van der Waals surface area contributed by atoms with Crippen LogP contribution in [0.15, 0.2) is 18.2 Å². The lowest BCUT2D eigenvalue weighted by atomic mass is 9.97. The molecule has 318 valence electrons. The number of carbonyl (C=O) groups is 7. The van der Waals surface area contributed by atoms with Crippen molar-refractivity contribution in [1.82, 2.24) is 9.80 Å². The molecule has 22 heteroatoms. The Morgan fingerprint density at radius 1 is 0.789 bits per heavy atom. The molecule has 22 nitrogen and oxygen atoms in total. The molecule has 0 aliphatic carbocycles. The van der Waals surface area contributed by atoms with E-state index < -0.39 is 101 Å². The maximum absolute atomic E-state index is 12.9. The molecule has 5 atom stereocenters. The number of nitrogens with zero attached hydrogens (tertiary/aromatic N) is 3. The van der Waals surface area contributed by atoms with Crippen LogP contribution in [0, 0.1) is 10.1 Å². The number of ether oxygens (including phenoxy) is 10. The summed E-state index contributed by atoms with van der Waals surface area (Å²) in [7, 11) is 2.40. The van der Waals surface area contributed by atoms with Crippen LogP contribution in [0.4, 0.5) is 15.3 Å². The van der Waals surface area contributed by atoms with E-state index in [1.807, 2.05) is 0 Å². The first-order chi connectivity index (χ1) is 26.6. The third kappa shape index (κ3) is 16.1. The number of rotatable bonds is 18. The predicted octanol–water partition coefficient (Wildman–Crippen LogP) is 2.05. The van der Waals surface area contributed by atoms with E-state index in [9.17, 15) is 43.7 Å². The Labute approximate surface area is 327 Å². The third-order valence-corrected chi connectivity index (χ3v) is 7.37. The van der Waals surface area contributed by atoms with Crippen molar-refractivity contribution in [2.24, 2.45) is 0 Å². The fraction of sp³-hybridized carbons (Fsp3) is 0.629. The molecule has 0 N–H and O–H groups in total. The highest BCUT2D eigenvalue weighted by atomic mass is 16.7. The first-order valence-electron chi connectivity index (χ1n) is 17.4. The van der Waals surface area contributed by atoms with Gasteiger partial charge in [-0.3, -0.25) is 29.3 Å². The molecule has 0 saturated carbocycles. The maximum Gasteiger partial charge on any atom is 0.410 e. The number of amides is 2. The van der Waals surface area contributed by atoms with Crippen molar-refractivity contribution in [2.45, 2.75) is 91.4 Å². The van der Waals surface area contributed by atoms with Crippen LogP contribution in [0.2, 0.25) is 0 Å². The molecule has 0 unspecified atom stereocenters. The van der Waals surface area contributed by atoms with Gasteiger partial charge in [-0.05, 0) is 32.4 Å². The van der Waals surface area contributed by atoms with E-state index in [1.54, 1.807) is 20.8 Å². The van der Waals surface area contributed by atoms with Crippen LogP contribution in [0.1, 0.15) is 54.0 Å². The number of nitro groups is 1. The van der Waals surface area contributed by atoms with Gasteiger partial charge in [-0.2, -0.15) is 0 Å². The highest BCUT2D eigenvalue weighted by molar-refractivity contribution is 5.77. The van der Waals surface area contributed by atoms with Crippen molar-refractivity contribution in [1.29, 1.82) is 0 Å². The Morgan fingerprint density at radius 3 is 1.96 bits per heavy atom. The minimum atomic E-state index is -1.86. The Balaban J connectivity index is 2.22. The second-order valence-corrected chi connectivity index (χ2v) is 13.2. The molecule has 0 radical (unpaired) electrons. The average molecular weight is 816 g/mol. The molecular formula is C35H49N3O19. The van der Waals surface area contributed by atoms with E-state index in [4.69, 9.17) is 47.4 Å². The van der Waals surface area contributed by atoms with Gasteiger partial charge in [0, 0.05) is 60.4 Å². The van der Waals surface area contributed by atoms with Crippen molar-refractivity contribution in [3.05, 3.63) is 33.9 Å². The molecule has 1 aliphatic rings. The Hall–Kier alpha value is -5.77. The Kier molecular flexibility index (Phi) is 18.4. The van der Waals surface area contributed by atoms with E-state index in [2.05, 4.69) is 0 Å². The topological polar surface area (TPSA) is 261 Å². The number of nitro benzene ring substituents is 1. The monoisotopic (exact) mass is 815 g/mol. The molecule has 1 aromatic carbocycles. The Morgan fingerprint density at radius 2 is 1.40 bits per heavy atom. The first kappa shape index (κ1) is 47.4. The summed E-state index contributed by atoms with van der Waals surface area (Å²) in [6, 6.07) is 3.47. The van der Waals surface area contributed by atoms with Crippen LogP contribution in [0.3, 0.4) is 0 Å². The molecule has 1 aromatic rings. The van der Waals surface area contributed by atoms with Gasteiger partial charge < -0.3 is 57.2 Å². The zero-order valence-electron chi connectivity index (χ0n) is 33.2. The molecule has 57 heavy (non-hydrogen) atoms. The number of carbonyl (C=O) groups excluding carboxylic acids is 7. The second kappa shape index (κ2) is 22.1. The summed E-state index contributed by atoms with van der Waals surface area (Å²) in [6.07, 6.45) is -10.3. The summed E-state index contributed by atoms with van der Waals surface area (Å²) in [5.41, 5.74) is -1.34. The molecule has 1 aliphatic heterocycles. The van der Waals surface area contributed by atoms with Gasteiger partial charge in [-0.15, -0.1) is 0 Å². The normalized spacial score (nSPS) is 18.9. The summed E-state index contributed by atoms with van der Waals surface area (Å²) in [5.74, 6) is -4.84. The van der Waals surface area contributed by atoms with Crippen molar-refractivity contribution >= 4 is 47.7 Å². The van der Waals surface area contributed by atoms with Crippen LogP contribution in [0.5, 0.6) is 5.75 Å². The van der Waals surface area contributed by atoms with Gasteiger partial charge in [0.05, 0.1) is 25.2 Å². The lowest BCUT2D eigenvalue weighted by Crippen LogP contribution is -2.64. The maximum atomic E-state index is 12.9. The van der Waals surface area contributed by atoms with Crippen LogP contribution in [-0.2, 0) is 73.2 Å². The highest BCUT2D eigenvalue weighted by Gasteiger charge is 2.56. The minimum absolute atomic E-state index is 0.0114. The van der Waals surface area contributed by atoms with Gasteiger partial charge in [0.1, 0.15) is 18.8 Å². The number of hydrogen-bond acceptors (Lipinski definition) is 19. The number of hydrogen-bond donors (Lipinski definition) is 0. The Bertz CT molecular complexity index is 1610. The van der Waals surface area contributed by atoms with Gasteiger partial charge in [-0.25, -0.2) is 14.4 Å². The molecule has 0 aromatic heterocycles. The summed E-state index contributed by atoms with van der Waals surface area (Å²) in [5, 5.41) is 12.2. The molecular weight excluding hydrogens is 766 g/mol. The van der Waals surface area contributed by atoms with Gasteiger partial charge in [0.25, 0.3) is 0 Å². The van der Waals surface area contributed by atoms with E-state index in [0.29, 0.717) is 0 Å². The molecule has 1 saturated heterocycles. The lowest BCUT2D eigenvalue weighted by Gasteiger charge is -2.42. The average Bonchev–Trinajstić information content (AvgIpc) is 3.10. The molecule has 2 amide bonds. The SMILES string of the molecule is COC(=O)[C@H]1O[C@@H](Oc2ccc(COC(=O)N(C)CCN(CCOCCOC(C)=O)C(=O)OC(C)(C)C)cc2[N+](=O)[O-])[C@H](OC(C)=O)[C@@H](OC(C)=O)[C@@H]1OC(C)=O. The first-order valence-corrected chi connectivity index (χ1v) is 17.4. The van der Waals surface area contributed by atoms with Crippen LogP contribution < -0.4 is 4.74 Å². The minimum Gasteiger partial charge on any atom is -0.467 e. The lowest BCUT2D eigenvalue weighted by molar-refractivity contribution is -0.387. The van der Waals surface area contributed by atoms with Crippen LogP contribution >= 0.6 is 0 Å². The largest absolute Gasteiger partial charge is 0.467 e. The van der Waals surface area contributed by atoms with Crippen molar-refractivity contribution in [3.63, 3.8) is 0 Å². The van der Waals surface area contributed by atoms with E-state index in [-0.39, 0.29) is 45.0 Å². The number of benzene rings is 1. The second-order valence-electron chi connectivity index (χ2n) is 13.2. The van der Waals surface area contributed by atoms with Crippen LogP contribution in [0.25, 0.3) is 0 Å². The van der Waals surface area contributed by atoms with Crippen molar-refractivity contribution in [3.8, 4) is 5.75 Å². The van der Waals surface area contributed by atoms with Gasteiger partial charge in [0.2, 0.25) is 12.4 Å². The highest BCUT2D eigenvalue weighted by Crippen LogP contribution is 2.35. The zero-order valence-corrected chi connectivity index (χ0v) is 33.2. The van der Waals surface area contributed by atoms with Crippen LogP contribution in [-0.4, -0.2) is 147 Å².